The molecule has 2 aliphatic rings. The molecule has 178 valence electrons. The highest BCUT2D eigenvalue weighted by Crippen LogP contribution is 2.42. The predicted molar refractivity (Wildman–Crippen MR) is 122 cm³/mol. The van der Waals surface area contributed by atoms with Crippen LogP contribution in [0.5, 0.6) is 5.75 Å². The number of rotatable bonds is 10. The lowest BCUT2D eigenvalue weighted by atomic mass is 9.86. The van der Waals surface area contributed by atoms with Gasteiger partial charge in [0, 0.05) is 25.4 Å². The van der Waals surface area contributed by atoms with Crippen LogP contribution in [0, 0.1) is 17.8 Å². The van der Waals surface area contributed by atoms with Crippen molar-refractivity contribution in [2.45, 2.75) is 76.8 Å². The summed E-state index contributed by atoms with van der Waals surface area (Å²) >= 11 is 0. The second-order valence-electron chi connectivity index (χ2n) is 9.37. The van der Waals surface area contributed by atoms with Gasteiger partial charge in [0.05, 0.1) is 18.3 Å². The van der Waals surface area contributed by atoms with E-state index in [0.717, 1.165) is 31.4 Å². The fraction of sp³-hybridized carbons (Fsp3) is 0.654. The molecule has 0 unspecified atom stereocenters. The van der Waals surface area contributed by atoms with Gasteiger partial charge >= 0.3 is 5.97 Å². The van der Waals surface area contributed by atoms with Gasteiger partial charge in [-0.1, -0.05) is 30.4 Å². The molecular weight excluding hydrogens is 408 g/mol. The number of para-hydroxylation sites is 1. The van der Waals surface area contributed by atoms with Gasteiger partial charge in [0.25, 0.3) is 0 Å². The van der Waals surface area contributed by atoms with E-state index in [-0.39, 0.29) is 36.6 Å². The summed E-state index contributed by atoms with van der Waals surface area (Å²) in [6.45, 7) is 4.58. The van der Waals surface area contributed by atoms with Crippen molar-refractivity contribution in [3.8, 4) is 5.75 Å². The zero-order chi connectivity index (χ0) is 22.9. The van der Waals surface area contributed by atoms with Gasteiger partial charge in [0.15, 0.2) is 0 Å². The molecule has 6 heteroatoms. The van der Waals surface area contributed by atoms with Gasteiger partial charge in [0.2, 0.25) is 0 Å². The quantitative estimate of drug-likeness (QED) is 0.419. The number of benzene rings is 1. The number of hydrogen-bond donors (Lipinski definition) is 2. The molecular formula is C26H38O6. The Labute approximate surface area is 191 Å². The lowest BCUT2D eigenvalue weighted by molar-refractivity contribution is -0.147. The Balaban J connectivity index is 1.44. The number of carbonyl (C=O) groups excluding carboxylic acids is 1. The SMILES string of the molecule is CC(C)OC(=O)CCC[C@@H]1CC[C@@H]2[C@@H](C=C[C@@H](O)COc3ccccc3)[C@H](O)C[C@@H]2OC1. The van der Waals surface area contributed by atoms with Gasteiger partial charge in [-0.05, 0) is 63.5 Å². The molecule has 0 spiro atoms. The molecule has 0 bridgehead atoms. The van der Waals surface area contributed by atoms with Crippen LogP contribution in [-0.2, 0) is 14.3 Å². The van der Waals surface area contributed by atoms with E-state index in [1.165, 1.54) is 0 Å². The summed E-state index contributed by atoms with van der Waals surface area (Å²) in [6.07, 6.45) is 7.33. The summed E-state index contributed by atoms with van der Waals surface area (Å²) in [7, 11) is 0. The minimum atomic E-state index is -0.730. The summed E-state index contributed by atoms with van der Waals surface area (Å²) < 4.78 is 17.0. The van der Waals surface area contributed by atoms with Crippen molar-refractivity contribution in [3.05, 3.63) is 42.5 Å². The number of ether oxygens (including phenoxy) is 3. The van der Waals surface area contributed by atoms with Crippen molar-refractivity contribution in [3.63, 3.8) is 0 Å². The number of aliphatic hydroxyl groups excluding tert-OH is 2. The number of carbonyl (C=O) groups is 1. The normalized spacial score (nSPS) is 29.0. The fourth-order valence-corrected chi connectivity index (χ4v) is 4.81. The lowest BCUT2D eigenvalue weighted by Gasteiger charge is -2.21. The van der Waals surface area contributed by atoms with E-state index in [0.29, 0.717) is 25.4 Å². The molecule has 32 heavy (non-hydrogen) atoms. The Hall–Kier alpha value is -1.89. The highest BCUT2D eigenvalue weighted by Gasteiger charge is 2.43. The lowest BCUT2D eigenvalue weighted by Crippen LogP contribution is -2.22. The summed E-state index contributed by atoms with van der Waals surface area (Å²) in [6, 6.07) is 9.41. The second kappa shape index (κ2) is 12.4. The van der Waals surface area contributed by atoms with Gasteiger partial charge in [0.1, 0.15) is 18.5 Å². The molecule has 1 saturated carbocycles. The van der Waals surface area contributed by atoms with E-state index in [1.807, 2.05) is 50.3 Å². The van der Waals surface area contributed by atoms with Crippen LogP contribution >= 0.6 is 0 Å². The van der Waals surface area contributed by atoms with E-state index >= 15 is 0 Å². The van der Waals surface area contributed by atoms with Crippen molar-refractivity contribution in [2.75, 3.05) is 13.2 Å². The molecule has 0 amide bonds. The van der Waals surface area contributed by atoms with Crippen LogP contribution in [0.3, 0.4) is 0 Å². The molecule has 0 radical (unpaired) electrons. The summed E-state index contributed by atoms with van der Waals surface area (Å²) in [5.74, 6) is 1.25. The molecule has 6 nitrogen and oxygen atoms in total. The average molecular weight is 447 g/mol. The number of fused-ring (bicyclic) bond motifs is 1. The standard InChI is InChI=1S/C26H38O6/c1-18(2)32-26(29)10-6-7-19-11-13-23-22(24(28)15-25(23)31-16-19)14-12-20(27)17-30-21-8-4-3-5-9-21/h3-5,8-9,12,14,18-20,22-25,27-28H,6-7,10-11,13,15-17H2,1-2H3/t19-,20-,22-,23-,24-,25+/m1/s1. The molecule has 6 atom stereocenters. The first-order valence-corrected chi connectivity index (χ1v) is 12.0. The monoisotopic (exact) mass is 446 g/mol. The third-order valence-electron chi connectivity index (χ3n) is 6.42. The average Bonchev–Trinajstić information content (AvgIpc) is 2.92. The van der Waals surface area contributed by atoms with Gasteiger partial charge in [-0.25, -0.2) is 0 Å². The maximum Gasteiger partial charge on any atom is 0.306 e. The topological polar surface area (TPSA) is 85.2 Å². The van der Waals surface area contributed by atoms with Crippen LogP contribution in [0.25, 0.3) is 0 Å². The molecule has 1 heterocycles. The van der Waals surface area contributed by atoms with Crippen molar-refractivity contribution < 1.29 is 29.2 Å². The van der Waals surface area contributed by atoms with Crippen molar-refractivity contribution >= 4 is 5.97 Å². The fourth-order valence-electron chi connectivity index (χ4n) is 4.81. The Bertz CT molecular complexity index is 718. The minimum absolute atomic E-state index is 0.0221. The van der Waals surface area contributed by atoms with Crippen LogP contribution < -0.4 is 4.74 Å². The molecule has 1 saturated heterocycles. The first-order valence-electron chi connectivity index (χ1n) is 12.0. The van der Waals surface area contributed by atoms with Gasteiger partial charge in [-0.3, -0.25) is 4.79 Å². The van der Waals surface area contributed by atoms with Crippen LogP contribution in [0.2, 0.25) is 0 Å². The maximum atomic E-state index is 11.7. The third-order valence-corrected chi connectivity index (χ3v) is 6.42. The molecule has 1 aliphatic carbocycles. The van der Waals surface area contributed by atoms with Crippen molar-refractivity contribution in [1.29, 1.82) is 0 Å². The Kier molecular flexibility index (Phi) is 9.57. The Morgan fingerprint density at radius 1 is 1.25 bits per heavy atom. The molecule has 2 N–H and O–H groups in total. The maximum absolute atomic E-state index is 11.7. The second-order valence-corrected chi connectivity index (χ2v) is 9.37. The van der Waals surface area contributed by atoms with Crippen LogP contribution in [0.15, 0.2) is 42.5 Å². The van der Waals surface area contributed by atoms with Crippen LogP contribution in [0.1, 0.15) is 52.4 Å². The highest BCUT2D eigenvalue weighted by molar-refractivity contribution is 5.69. The largest absolute Gasteiger partial charge is 0.491 e. The Morgan fingerprint density at radius 3 is 2.78 bits per heavy atom. The van der Waals surface area contributed by atoms with Gasteiger partial charge in [-0.2, -0.15) is 0 Å². The highest BCUT2D eigenvalue weighted by atomic mass is 16.5. The Morgan fingerprint density at radius 2 is 2.03 bits per heavy atom. The van der Waals surface area contributed by atoms with Gasteiger partial charge in [-0.15, -0.1) is 0 Å². The van der Waals surface area contributed by atoms with E-state index in [9.17, 15) is 15.0 Å². The van der Waals surface area contributed by atoms with E-state index < -0.39 is 12.2 Å². The predicted octanol–water partition coefficient (Wildman–Crippen LogP) is 3.90. The zero-order valence-corrected chi connectivity index (χ0v) is 19.3. The molecule has 1 aromatic carbocycles. The van der Waals surface area contributed by atoms with E-state index in [1.54, 1.807) is 6.08 Å². The number of esters is 1. The summed E-state index contributed by atoms with van der Waals surface area (Å²) in [4.78, 5) is 11.7. The first kappa shape index (κ1) is 24.7. The van der Waals surface area contributed by atoms with Crippen molar-refractivity contribution in [2.24, 2.45) is 17.8 Å². The third kappa shape index (κ3) is 7.61. The molecule has 0 aromatic heterocycles. The van der Waals surface area contributed by atoms with Crippen molar-refractivity contribution in [1.82, 2.24) is 0 Å². The summed E-state index contributed by atoms with van der Waals surface area (Å²) in [5, 5.41) is 20.9. The number of hydrogen-bond acceptors (Lipinski definition) is 6. The summed E-state index contributed by atoms with van der Waals surface area (Å²) in [5.41, 5.74) is 0. The molecule has 3 rings (SSSR count). The zero-order valence-electron chi connectivity index (χ0n) is 19.3. The molecule has 2 fully saturated rings. The van der Waals surface area contributed by atoms with Crippen LogP contribution in [0.4, 0.5) is 0 Å². The number of aliphatic hydroxyl groups is 2. The smallest absolute Gasteiger partial charge is 0.306 e. The van der Waals surface area contributed by atoms with Gasteiger partial charge < -0.3 is 24.4 Å². The first-order chi connectivity index (χ1) is 15.4. The molecule has 1 aliphatic heterocycles. The van der Waals surface area contributed by atoms with E-state index in [4.69, 9.17) is 14.2 Å². The van der Waals surface area contributed by atoms with Crippen LogP contribution in [-0.4, -0.2) is 53.8 Å². The molecule has 1 aromatic rings. The van der Waals surface area contributed by atoms with E-state index in [2.05, 4.69) is 0 Å². The minimum Gasteiger partial charge on any atom is -0.491 e.